The Morgan fingerprint density at radius 1 is 0.290 bits per heavy atom. The molecule has 1 aliphatic carbocycles. The van der Waals surface area contributed by atoms with Gasteiger partial charge in [0.25, 0.3) is 0 Å². The summed E-state index contributed by atoms with van der Waals surface area (Å²) < 4.78 is 2.52. The first-order chi connectivity index (χ1) is 34.2. The van der Waals surface area contributed by atoms with E-state index in [9.17, 15) is 0 Å². The zero-order valence-electron chi connectivity index (χ0n) is 38.0. The average Bonchev–Trinajstić information content (AvgIpc) is 3.93. The first-order valence-corrected chi connectivity index (χ1v) is 23.8. The molecular formula is C67H46N2. The highest BCUT2D eigenvalue weighted by Gasteiger charge is 2.47. The van der Waals surface area contributed by atoms with E-state index in [-0.39, 0.29) is 0 Å². The number of hydrogen-bond acceptors (Lipinski definition) is 1. The molecule has 0 spiro atoms. The summed E-state index contributed by atoms with van der Waals surface area (Å²) in [6.07, 6.45) is 0. The lowest BCUT2D eigenvalue weighted by atomic mass is 9.68. The van der Waals surface area contributed by atoms with Crippen molar-refractivity contribution in [2.24, 2.45) is 0 Å². The zero-order valence-corrected chi connectivity index (χ0v) is 38.0. The summed E-state index contributed by atoms with van der Waals surface area (Å²) in [6.45, 7) is 0. The molecule has 0 fully saturated rings. The van der Waals surface area contributed by atoms with Gasteiger partial charge in [-0.1, -0.05) is 224 Å². The summed E-state index contributed by atoms with van der Waals surface area (Å²) in [4.78, 5) is 2.35. The minimum Gasteiger partial charge on any atom is -0.311 e. The fraction of sp³-hybridized carbons (Fsp3) is 0.0149. The number of nitrogens with zero attached hydrogens (tertiary/aromatic N) is 2. The molecule has 0 saturated heterocycles. The number of anilines is 3. The normalized spacial score (nSPS) is 12.5. The van der Waals surface area contributed by atoms with Gasteiger partial charge in [0.1, 0.15) is 0 Å². The molecule has 1 aromatic heterocycles. The van der Waals surface area contributed by atoms with Crippen molar-refractivity contribution in [2.45, 2.75) is 5.41 Å². The molecular weight excluding hydrogens is 833 g/mol. The Labute approximate surface area is 403 Å². The minimum atomic E-state index is -0.488. The van der Waals surface area contributed by atoms with Gasteiger partial charge in [0.15, 0.2) is 0 Å². The largest absolute Gasteiger partial charge is 0.311 e. The molecule has 11 aromatic carbocycles. The number of rotatable bonds is 9. The zero-order chi connectivity index (χ0) is 45.7. The quantitative estimate of drug-likeness (QED) is 0.140. The molecule has 324 valence electrons. The van der Waals surface area contributed by atoms with E-state index in [0.717, 1.165) is 22.6 Å². The fourth-order valence-electron chi connectivity index (χ4n) is 11.2. The van der Waals surface area contributed by atoms with Crippen LogP contribution in [0.2, 0.25) is 0 Å². The Morgan fingerprint density at radius 3 is 1.28 bits per heavy atom. The summed E-state index contributed by atoms with van der Waals surface area (Å²) in [7, 11) is 0. The molecule has 1 heterocycles. The molecule has 69 heavy (non-hydrogen) atoms. The Balaban J connectivity index is 0.944. The van der Waals surface area contributed by atoms with Crippen LogP contribution in [0.1, 0.15) is 22.3 Å². The van der Waals surface area contributed by atoms with Crippen LogP contribution in [-0.4, -0.2) is 4.57 Å². The third kappa shape index (κ3) is 6.64. The van der Waals surface area contributed by atoms with Gasteiger partial charge in [-0.05, 0) is 116 Å². The van der Waals surface area contributed by atoms with Crippen LogP contribution in [0.3, 0.4) is 0 Å². The van der Waals surface area contributed by atoms with Gasteiger partial charge >= 0.3 is 0 Å². The first-order valence-electron chi connectivity index (χ1n) is 23.8. The predicted octanol–water partition coefficient (Wildman–Crippen LogP) is 17.6. The average molecular weight is 879 g/mol. The van der Waals surface area contributed by atoms with Gasteiger partial charge < -0.3 is 9.47 Å². The lowest BCUT2D eigenvalue weighted by Crippen LogP contribution is -2.28. The second-order valence-electron chi connectivity index (χ2n) is 18.0. The summed E-state index contributed by atoms with van der Waals surface area (Å²) in [5, 5.41) is 2.47. The van der Waals surface area contributed by atoms with Crippen molar-refractivity contribution in [2.75, 3.05) is 4.90 Å². The molecule has 2 nitrogen and oxygen atoms in total. The number of para-hydroxylation sites is 1. The highest BCUT2D eigenvalue weighted by Crippen LogP contribution is 2.58. The second-order valence-corrected chi connectivity index (χ2v) is 18.0. The molecule has 0 radical (unpaired) electrons. The van der Waals surface area contributed by atoms with Crippen LogP contribution in [0.15, 0.2) is 279 Å². The molecule has 0 unspecified atom stereocenters. The van der Waals surface area contributed by atoms with E-state index in [0.29, 0.717) is 0 Å². The maximum Gasteiger partial charge on any atom is 0.0714 e. The fourth-order valence-corrected chi connectivity index (χ4v) is 11.2. The Bertz CT molecular complexity index is 3660. The van der Waals surface area contributed by atoms with Gasteiger partial charge in [-0.15, -0.1) is 0 Å². The second kappa shape index (κ2) is 16.7. The monoisotopic (exact) mass is 878 g/mol. The predicted molar refractivity (Wildman–Crippen MR) is 289 cm³/mol. The Kier molecular flexibility index (Phi) is 9.77. The minimum absolute atomic E-state index is 0.488. The molecule has 0 atom stereocenters. The standard InChI is InChI=1S/C67H46N2/c1-5-18-47(19-6-1)49-32-39-55(40-33-49)68(56-41-34-50(35-42-56)48-20-7-2-8-21-48)57-43-36-51(37-44-57)52-38-45-59-58-26-14-16-30-63(58)69(65(59)46-52)64-31-17-29-62-66(64)60-27-13-15-28-61(60)67(62,53-22-9-3-10-23-53)54-24-11-4-12-25-54/h1-46H. The van der Waals surface area contributed by atoms with Crippen molar-refractivity contribution in [3.63, 3.8) is 0 Å². The van der Waals surface area contributed by atoms with Crippen LogP contribution in [0.5, 0.6) is 0 Å². The highest BCUT2D eigenvalue weighted by molar-refractivity contribution is 6.11. The van der Waals surface area contributed by atoms with E-state index in [1.165, 1.54) is 88.7 Å². The molecule has 12 aromatic rings. The molecule has 0 amide bonds. The molecule has 13 rings (SSSR count). The van der Waals surface area contributed by atoms with Crippen molar-refractivity contribution >= 4 is 38.9 Å². The molecule has 0 bridgehead atoms. The molecule has 1 aliphatic rings. The maximum atomic E-state index is 2.52. The van der Waals surface area contributed by atoms with Crippen LogP contribution in [0.25, 0.3) is 72.0 Å². The first kappa shape index (κ1) is 40.3. The Morgan fingerprint density at radius 2 is 0.710 bits per heavy atom. The number of fused-ring (bicyclic) bond motifs is 6. The third-order valence-corrected chi connectivity index (χ3v) is 14.3. The van der Waals surface area contributed by atoms with Gasteiger partial charge in [0.05, 0.1) is 22.1 Å². The lowest BCUT2D eigenvalue weighted by Gasteiger charge is -2.34. The molecule has 2 heteroatoms. The van der Waals surface area contributed by atoms with Gasteiger partial charge in [-0.3, -0.25) is 0 Å². The van der Waals surface area contributed by atoms with Crippen LogP contribution in [-0.2, 0) is 5.41 Å². The molecule has 0 saturated carbocycles. The summed E-state index contributed by atoms with van der Waals surface area (Å²) >= 11 is 0. The van der Waals surface area contributed by atoms with E-state index >= 15 is 0 Å². The van der Waals surface area contributed by atoms with E-state index in [1.807, 2.05) is 0 Å². The van der Waals surface area contributed by atoms with E-state index in [1.54, 1.807) is 0 Å². The van der Waals surface area contributed by atoms with Crippen molar-refractivity contribution in [3.8, 4) is 50.2 Å². The van der Waals surface area contributed by atoms with Crippen LogP contribution >= 0.6 is 0 Å². The number of aromatic nitrogens is 1. The van der Waals surface area contributed by atoms with Crippen LogP contribution < -0.4 is 4.90 Å². The van der Waals surface area contributed by atoms with Gasteiger partial charge in [0.2, 0.25) is 0 Å². The summed E-state index contributed by atoms with van der Waals surface area (Å²) in [5.74, 6) is 0. The van der Waals surface area contributed by atoms with E-state index in [4.69, 9.17) is 0 Å². The van der Waals surface area contributed by atoms with Crippen LogP contribution in [0.4, 0.5) is 17.1 Å². The van der Waals surface area contributed by atoms with Crippen molar-refractivity contribution in [1.29, 1.82) is 0 Å². The Hall–Kier alpha value is -8.98. The number of hydrogen-bond donors (Lipinski definition) is 0. The lowest BCUT2D eigenvalue weighted by molar-refractivity contribution is 0.768. The van der Waals surface area contributed by atoms with Gasteiger partial charge in [0, 0.05) is 33.4 Å². The topological polar surface area (TPSA) is 8.17 Å². The summed E-state index contributed by atoms with van der Waals surface area (Å²) in [6, 6.07) is 102. The third-order valence-electron chi connectivity index (χ3n) is 14.3. The van der Waals surface area contributed by atoms with Crippen molar-refractivity contribution in [1.82, 2.24) is 4.57 Å². The summed E-state index contributed by atoms with van der Waals surface area (Å²) in [5.41, 5.74) is 21.1. The SMILES string of the molecule is c1ccc(-c2ccc(N(c3ccc(-c4ccccc4)cc3)c3ccc(-c4ccc5c6ccccc6n(-c6cccc7c6-c6ccccc6C7(c6ccccc6)c6ccccc6)c5c4)cc3)cc2)cc1. The maximum absolute atomic E-state index is 2.52. The molecule has 0 N–H and O–H groups in total. The smallest absolute Gasteiger partial charge is 0.0714 e. The van der Waals surface area contributed by atoms with Crippen molar-refractivity contribution in [3.05, 3.63) is 301 Å². The van der Waals surface area contributed by atoms with Crippen LogP contribution in [0, 0.1) is 0 Å². The van der Waals surface area contributed by atoms with Gasteiger partial charge in [-0.25, -0.2) is 0 Å². The molecule has 0 aliphatic heterocycles. The number of benzene rings is 11. The van der Waals surface area contributed by atoms with E-state index < -0.39 is 5.41 Å². The van der Waals surface area contributed by atoms with Crippen molar-refractivity contribution < 1.29 is 0 Å². The van der Waals surface area contributed by atoms with E-state index in [2.05, 4.69) is 289 Å². The highest BCUT2D eigenvalue weighted by atomic mass is 15.1. The van der Waals surface area contributed by atoms with Gasteiger partial charge in [-0.2, -0.15) is 0 Å².